The Bertz CT molecular complexity index is 280. The molecule has 2 rings (SSSR count). The molecule has 0 radical (unpaired) electrons. The Kier molecular flexibility index (Phi) is 1.54. The van der Waals surface area contributed by atoms with E-state index in [1.165, 1.54) is 0 Å². The van der Waals surface area contributed by atoms with Gasteiger partial charge < -0.3 is 9.90 Å². The van der Waals surface area contributed by atoms with Crippen LogP contribution in [0.1, 0.15) is 26.7 Å². The molecule has 0 aromatic rings. The highest BCUT2D eigenvalue weighted by Gasteiger charge is 2.65. The van der Waals surface area contributed by atoms with E-state index in [0.717, 1.165) is 24.7 Å². The first-order valence-electron chi connectivity index (χ1n) is 4.81. The van der Waals surface area contributed by atoms with Crippen LogP contribution in [0.15, 0.2) is 12.2 Å². The molecule has 2 aliphatic rings. The van der Waals surface area contributed by atoms with Crippen LogP contribution in [0, 0.1) is 16.7 Å². The van der Waals surface area contributed by atoms with Crippen LogP contribution in [0.3, 0.4) is 0 Å². The molecule has 2 bridgehead atoms. The lowest BCUT2D eigenvalue weighted by atomic mass is 9.64. The van der Waals surface area contributed by atoms with E-state index >= 15 is 0 Å². The summed E-state index contributed by atoms with van der Waals surface area (Å²) < 4.78 is 0. The van der Waals surface area contributed by atoms with Crippen LogP contribution in [-0.2, 0) is 4.79 Å². The molecule has 1 N–H and O–H groups in total. The van der Waals surface area contributed by atoms with Crippen LogP contribution in [0.25, 0.3) is 0 Å². The van der Waals surface area contributed by atoms with Crippen molar-refractivity contribution in [3.8, 4) is 0 Å². The minimum Gasteiger partial charge on any atom is -0.391 e. The largest absolute Gasteiger partial charge is 0.391 e. The first-order valence-corrected chi connectivity index (χ1v) is 4.81. The highest BCUT2D eigenvalue weighted by Crippen LogP contribution is 2.65. The topological polar surface area (TPSA) is 37.3 Å². The molecule has 72 valence electrons. The molecule has 0 amide bonds. The number of aliphatic hydroxyl groups excluding tert-OH is 1. The molecule has 0 aliphatic heterocycles. The first kappa shape index (κ1) is 8.95. The SMILES string of the molecule is C=C1C2CCC(C=O)(C2O)C1(C)C. The van der Waals surface area contributed by atoms with Crippen LogP contribution in [0.5, 0.6) is 0 Å². The molecule has 13 heavy (non-hydrogen) atoms. The van der Waals surface area contributed by atoms with Crippen molar-refractivity contribution < 1.29 is 9.90 Å². The van der Waals surface area contributed by atoms with Gasteiger partial charge in [0.15, 0.2) is 0 Å². The lowest BCUT2D eigenvalue weighted by molar-refractivity contribution is -0.125. The molecule has 0 aromatic carbocycles. The Labute approximate surface area is 78.6 Å². The van der Waals surface area contributed by atoms with E-state index in [4.69, 9.17) is 0 Å². The maximum absolute atomic E-state index is 11.2. The predicted octanol–water partition coefficient (Wildman–Crippen LogP) is 1.54. The van der Waals surface area contributed by atoms with Gasteiger partial charge in [0.25, 0.3) is 0 Å². The van der Waals surface area contributed by atoms with Crippen molar-refractivity contribution in [3.63, 3.8) is 0 Å². The number of aldehydes is 1. The highest BCUT2D eigenvalue weighted by atomic mass is 16.3. The molecular formula is C11H16O2. The van der Waals surface area contributed by atoms with Crippen molar-refractivity contribution in [2.24, 2.45) is 16.7 Å². The van der Waals surface area contributed by atoms with Crippen LogP contribution in [-0.4, -0.2) is 17.5 Å². The number of carbonyl (C=O) groups is 1. The van der Waals surface area contributed by atoms with E-state index in [0.29, 0.717) is 0 Å². The molecule has 2 aliphatic carbocycles. The van der Waals surface area contributed by atoms with Gasteiger partial charge in [-0.1, -0.05) is 26.0 Å². The van der Waals surface area contributed by atoms with Gasteiger partial charge in [-0.05, 0) is 12.8 Å². The number of aliphatic hydroxyl groups is 1. The van der Waals surface area contributed by atoms with E-state index in [1.807, 2.05) is 13.8 Å². The molecule has 2 fully saturated rings. The Morgan fingerprint density at radius 3 is 2.54 bits per heavy atom. The van der Waals surface area contributed by atoms with Gasteiger partial charge in [0.1, 0.15) is 6.29 Å². The van der Waals surface area contributed by atoms with Gasteiger partial charge in [0.2, 0.25) is 0 Å². The van der Waals surface area contributed by atoms with Crippen LogP contribution >= 0.6 is 0 Å². The Balaban J connectivity index is 2.55. The number of rotatable bonds is 1. The molecule has 2 saturated carbocycles. The van der Waals surface area contributed by atoms with Crippen molar-refractivity contribution in [2.45, 2.75) is 32.8 Å². The Hall–Kier alpha value is -0.630. The first-order chi connectivity index (χ1) is 5.97. The molecule has 0 spiro atoms. The average molecular weight is 180 g/mol. The molecule has 0 saturated heterocycles. The standard InChI is InChI=1S/C11H16O2/c1-7-8-4-5-11(6-12,9(8)13)10(7,2)3/h6,8-9,13H,1,4-5H2,2-3H3. The zero-order valence-corrected chi connectivity index (χ0v) is 8.21. The normalized spacial score (nSPS) is 46.8. The summed E-state index contributed by atoms with van der Waals surface area (Å²) in [6.07, 6.45) is 2.19. The quantitative estimate of drug-likeness (QED) is 0.491. The maximum Gasteiger partial charge on any atom is 0.129 e. The van der Waals surface area contributed by atoms with Crippen LogP contribution in [0.4, 0.5) is 0 Å². The summed E-state index contributed by atoms with van der Waals surface area (Å²) in [5.74, 6) is 0.153. The summed E-state index contributed by atoms with van der Waals surface area (Å²) in [7, 11) is 0. The van der Waals surface area contributed by atoms with Gasteiger partial charge in [-0.2, -0.15) is 0 Å². The zero-order valence-electron chi connectivity index (χ0n) is 8.21. The summed E-state index contributed by atoms with van der Waals surface area (Å²) in [6, 6.07) is 0. The van der Waals surface area contributed by atoms with Crippen LogP contribution < -0.4 is 0 Å². The van der Waals surface area contributed by atoms with Crippen molar-refractivity contribution in [1.82, 2.24) is 0 Å². The van der Waals surface area contributed by atoms with E-state index in [2.05, 4.69) is 6.58 Å². The minimum absolute atomic E-state index is 0.153. The molecule has 2 nitrogen and oxygen atoms in total. The fraction of sp³-hybridized carbons (Fsp3) is 0.727. The van der Waals surface area contributed by atoms with Gasteiger partial charge in [-0.25, -0.2) is 0 Å². The lowest BCUT2D eigenvalue weighted by Gasteiger charge is -2.39. The van der Waals surface area contributed by atoms with Crippen molar-refractivity contribution in [1.29, 1.82) is 0 Å². The number of hydrogen-bond acceptors (Lipinski definition) is 2. The van der Waals surface area contributed by atoms with Crippen LogP contribution in [0.2, 0.25) is 0 Å². The maximum atomic E-state index is 11.2. The minimum atomic E-state index is -0.547. The van der Waals surface area contributed by atoms with Gasteiger partial charge in [0, 0.05) is 11.3 Å². The third kappa shape index (κ3) is 0.715. The molecular weight excluding hydrogens is 164 g/mol. The number of fused-ring (bicyclic) bond motifs is 2. The van der Waals surface area contributed by atoms with E-state index in [9.17, 15) is 9.90 Å². The molecule has 2 heteroatoms. The second kappa shape index (κ2) is 2.24. The number of carbonyl (C=O) groups excluding carboxylic acids is 1. The fourth-order valence-corrected chi connectivity index (χ4v) is 3.14. The predicted molar refractivity (Wildman–Crippen MR) is 50.1 cm³/mol. The van der Waals surface area contributed by atoms with Crippen molar-refractivity contribution >= 4 is 6.29 Å². The molecule has 3 atom stereocenters. The third-order valence-electron chi connectivity index (χ3n) is 4.40. The summed E-state index contributed by atoms with van der Waals surface area (Å²) in [5.41, 5.74) is 0.282. The lowest BCUT2D eigenvalue weighted by Crippen LogP contribution is -2.40. The van der Waals surface area contributed by atoms with E-state index < -0.39 is 11.5 Å². The van der Waals surface area contributed by atoms with E-state index in [-0.39, 0.29) is 11.3 Å². The highest BCUT2D eigenvalue weighted by molar-refractivity contribution is 5.67. The van der Waals surface area contributed by atoms with Gasteiger partial charge in [-0.3, -0.25) is 0 Å². The Morgan fingerprint density at radius 2 is 2.23 bits per heavy atom. The second-order valence-electron chi connectivity index (χ2n) is 4.90. The summed E-state index contributed by atoms with van der Waals surface area (Å²) in [5, 5.41) is 9.99. The molecule has 0 heterocycles. The van der Waals surface area contributed by atoms with E-state index in [1.54, 1.807) is 0 Å². The zero-order chi connectivity index (χ0) is 9.85. The third-order valence-corrected chi connectivity index (χ3v) is 4.40. The molecule has 0 aromatic heterocycles. The smallest absolute Gasteiger partial charge is 0.129 e. The Morgan fingerprint density at radius 1 is 1.62 bits per heavy atom. The summed E-state index contributed by atoms with van der Waals surface area (Å²) in [4.78, 5) is 11.2. The second-order valence-corrected chi connectivity index (χ2v) is 4.90. The van der Waals surface area contributed by atoms with Crippen molar-refractivity contribution in [2.75, 3.05) is 0 Å². The molecule has 3 unspecified atom stereocenters. The summed E-state index contributed by atoms with van der Waals surface area (Å²) >= 11 is 0. The summed E-state index contributed by atoms with van der Waals surface area (Å²) in [6.45, 7) is 8.05. The average Bonchev–Trinajstić information content (AvgIpc) is 2.47. The fourth-order valence-electron chi connectivity index (χ4n) is 3.14. The van der Waals surface area contributed by atoms with Gasteiger partial charge in [0.05, 0.1) is 11.5 Å². The van der Waals surface area contributed by atoms with Gasteiger partial charge >= 0.3 is 0 Å². The van der Waals surface area contributed by atoms with Crippen molar-refractivity contribution in [3.05, 3.63) is 12.2 Å². The monoisotopic (exact) mass is 180 g/mol. The van der Waals surface area contributed by atoms with Gasteiger partial charge in [-0.15, -0.1) is 0 Å². The number of hydrogen-bond donors (Lipinski definition) is 1.